The van der Waals surface area contributed by atoms with Gasteiger partial charge in [0.2, 0.25) is 5.91 Å². The Labute approximate surface area is 183 Å². The number of nitrogens with one attached hydrogen (secondary N) is 2. The highest BCUT2D eigenvalue weighted by Gasteiger charge is 2.15. The highest BCUT2D eigenvalue weighted by Crippen LogP contribution is 2.21. The summed E-state index contributed by atoms with van der Waals surface area (Å²) in [6, 6.07) is 17.1. The molecule has 31 heavy (non-hydrogen) atoms. The van der Waals surface area contributed by atoms with Gasteiger partial charge in [0.1, 0.15) is 0 Å². The molecule has 0 spiro atoms. The number of aromatic nitrogens is 3. The smallest absolute Gasteiger partial charge is 0.287 e. The van der Waals surface area contributed by atoms with Crippen LogP contribution in [0.25, 0.3) is 10.8 Å². The van der Waals surface area contributed by atoms with Crippen LogP contribution in [-0.2, 0) is 17.9 Å². The van der Waals surface area contributed by atoms with E-state index in [9.17, 15) is 9.59 Å². The first-order valence-corrected chi connectivity index (χ1v) is 10.8. The van der Waals surface area contributed by atoms with Crippen LogP contribution in [0.3, 0.4) is 0 Å². The first kappa shape index (κ1) is 20.7. The van der Waals surface area contributed by atoms with Gasteiger partial charge in [-0.15, -0.1) is 10.2 Å². The molecule has 4 rings (SSSR count). The maximum absolute atomic E-state index is 12.4. The van der Waals surface area contributed by atoms with E-state index in [1.807, 2.05) is 54.0 Å². The standard InChI is InChI=1S/C22H21N5O3S/c1-2-27-19(13-23-21(29)18-8-5-11-30-18)25-26-22(27)31-14-20(28)24-17-10-9-15-6-3-4-7-16(15)12-17/h3-12H,2,13-14H2,1H3,(H,23,29)(H,24,28). The van der Waals surface area contributed by atoms with Gasteiger partial charge in [-0.2, -0.15) is 0 Å². The molecule has 0 radical (unpaired) electrons. The molecule has 0 aliphatic rings. The Bertz CT molecular complexity index is 1200. The maximum atomic E-state index is 12.4. The molecule has 0 saturated carbocycles. The Kier molecular flexibility index (Phi) is 6.32. The molecule has 158 valence electrons. The van der Waals surface area contributed by atoms with Crippen molar-refractivity contribution >= 4 is 40.0 Å². The van der Waals surface area contributed by atoms with Crippen molar-refractivity contribution in [3.05, 3.63) is 72.4 Å². The van der Waals surface area contributed by atoms with E-state index in [4.69, 9.17) is 4.42 Å². The minimum Gasteiger partial charge on any atom is -0.459 e. The predicted molar refractivity (Wildman–Crippen MR) is 119 cm³/mol. The number of carbonyl (C=O) groups is 2. The van der Waals surface area contributed by atoms with Crippen LogP contribution in [0.5, 0.6) is 0 Å². The third kappa shape index (κ3) is 4.95. The van der Waals surface area contributed by atoms with Crippen molar-refractivity contribution in [2.75, 3.05) is 11.1 Å². The highest BCUT2D eigenvalue weighted by molar-refractivity contribution is 7.99. The third-order valence-electron chi connectivity index (χ3n) is 4.63. The number of anilines is 1. The highest BCUT2D eigenvalue weighted by atomic mass is 32.2. The lowest BCUT2D eigenvalue weighted by molar-refractivity contribution is -0.113. The van der Waals surface area contributed by atoms with Crippen molar-refractivity contribution in [3.8, 4) is 0 Å². The summed E-state index contributed by atoms with van der Waals surface area (Å²) in [5.41, 5.74) is 0.752. The number of hydrogen-bond acceptors (Lipinski definition) is 6. The van der Waals surface area contributed by atoms with E-state index < -0.39 is 0 Å². The second kappa shape index (κ2) is 9.48. The van der Waals surface area contributed by atoms with E-state index in [0.29, 0.717) is 17.5 Å². The van der Waals surface area contributed by atoms with Gasteiger partial charge in [-0.1, -0.05) is 42.1 Å². The molecule has 0 unspecified atom stereocenters. The van der Waals surface area contributed by atoms with Gasteiger partial charge in [0.15, 0.2) is 16.7 Å². The Balaban J connectivity index is 1.34. The van der Waals surface area contributed by atoms with Gasteiger partial charge in [-0.3, -0.25) is 9.59 Å². The van der Waals surface area contributed by atoms with E-state index in [1.165, 1.54) is 18.0 Å². The number of carbonyl (C=O) groups excluding carboxylic acids is 2. The zero-order chi connectivity index (χ0) is 21.6. The molecule has 2 amide bonds. The molecule has 0 bridgehead atoms. The number of benzene rings is 2. The summed E-state index contributed by atoms with van der Waals surface area (Å²) in [5, 5.41) is 16.8. The van der Waals surface area contributed by atoms with E-state index in [2.05, 4.69) is 20.8 Å². The summed E-state index contributed by atoms with van der Waals surface area (Å²) in [6.07, 6.45) is 1.45. The van der Waals surface area contributed by atoms with E-state index >= 15 is 0 Å². The summed E-state index contributed by atoms with van der Waals surface area (Å²) in [4.78, 5) is 24.5. The van der Waals surface area contributed by atoms with Crippen molar-refractivity contribution < 1.29 is 14.0 Å². The molecule has 0 aliphatic heterocycles. The molecule has 9 heteroatoms. The fourth-order valence-corrected chi connectivity index (χ4v) is 3.94. The quantitative estimate of drug-likeness (QED) is 0.409. The Morgan fingerprint density at radius 3 is 2.68 bits per heavy atom. The molecule has 0 atom stereocenters. The topological polar surface area (TPSA) is 102 Å². The number of thioether (sulfide) groups is 1. The van der Waals surface area contributed by atoms with Gasteiger partial charge in [-0.05, 0) is 42.0 Å². The molecule has 0 aliphatic carbocycles. The Morgan fingerprint density at radius 1 is 1.06 bits per heavy atom. The molecule has 2 N–H and O–H groups in total. The fraction of sp³-hybridized carbons (Fsp3) is 0.182. The molecular formula is C22H21N5O3S. The van der Waals surface area contributed by atoms with Crippen molar-refractivity contribution in [2.24, 2.45) is 0 Å². The molecule has 0 fully saturated rings. The first-order chi connectivity index (χ1) is 15.1. The zero-order valence-corrected chi connectivity index (χ0v) is 17.7. The summed E-state index contributed by atoms with van der Waals surface area (Å²) in [6.45, 7) is 2.79. The number of furan rings is 1. The third-order valence-corrected chi connectivity index (χ3v) is 5.59. The summed E-state index contributed by atoms with van der Waals surface area (Å²) < 4.78 is 6.95. The number of nitrogens with zero attached hydrogens (tertiary/aromatic N) is 3. The minimum absolute atomic E-state index is 0.126. The second-order valence-corrected chi connectivity index (χ2v) is 7.64. The fourth-order valence-electron chi connectivity index (χ4n) is 3.12. The van der Waals surface area contributed by atoms with Crippen LogP contribution < -0.4 is 10.6 Å². The number of fused-ring (bicyclic) bond motifs is 1. The molecule has 4 aromatic rings. The van der Waals surface area contributed by atoms with Crippen molar-refractivity contribution in [2.45, 2.75) is 25.2 Å². The van der Waals surface area contributed by atoms with Gasteiger partial charge in [-0.25, -0.2) is 0 Å². The van der Waals surface area contributed by atoms with Crippen LogP contribution in [0.4, 0.5) is 5.69 Å². The average Bonchev–Trinajstić information content (AvgIpc) is 3.46. The van der Waals surface area contributed by atoms with Crippen molar-refractivity contribution in [1.29, 1.82) is 0 Å². The number of rotatable bonds is 8. The van der Waals surface area contributed by atoms with Crippen LogP contribution in [0, 0.1) is 0 Å². The van der Waals surface area contributed by atoms with Crippen LogP contribution in [-0.4, -0.2) is 32.3 Å². The minimum atomic E-state index is -0.320. The second-order valence-electron chi connectivity index (χ2n) is 6.70. The molecular weight excluding hydrogens is 414 g/mol. The van der Waals surface area contributed by atoms with E-state index in [-0.39, 0.29) is 29.9 Å². The molecule has 2 heterocycles. The number of amides is 2. The molecule has 2 aromatic heterocycles. The lowest BCUT2D eigenvalue weighted by atomic mass is 10.1. The average molecular weight is 436 g/mol. The molecule has 0 saturated heterocycles. The lowest BCUT2D eigenvalue weighted by Gasteiger charge is -2.09. The summed E-state index contributed by atoms with van der Waals surface area (Å²) in [7, 11) is 0. The maximum Gasteiger partial charge on any atom is 0.287 e. The van der Waals surface area contributed by atoms with Crippen molar-refractivity contribution in [3.63, 3.8) is 0 Å². The molecule has 2 aromatic carbocycles. The molecule has 8 nitrogen and oxygen atoms in total. The summed E-state index contributed by atoms with van der Waals surface area (Å²) >= 11 is 1.30. The van der Waals surface area contributed by atoms with Gasteiger partial charge in [0.25, 0.3) is 5.91 Å². The first-order valence-electron chi connectivity index (χ1n) is 9.79. The number of hydrogen-bond donors (Lipinski definition) is 2. The largest absolute Gasteiger partial charge is 0.459 e. The van der Waals surface area contributed by atoms with E-state index in [1.54, 1.807) is 12.1 Å². The zero-order valence-electron chi connectivity index (χ0n) is 16.9. The van der Waals surface area contributed by atoms with Gasteiger partial charge >= 0.3 is 0 Å². The Morgan fingerprint density at radius 2 is 1.90 bits per heavy atom. The van der Waals surface area contributed by atoms with Crippen LogP contribution >= 0.6 is 11.8 Å². The van der Waals surface area contributed by atoms with Gasteiger partial charge in [0, 0.05) is 12.2 Å². The van der Waals surface area contributed by atoms with E-state index in [0.717, 1.165) is 16.5 Å². The predicted octanol–water partition coefficient (Wildman–Crippen LogP) is 3.71. The van der Waals surface area contributed by atoms with Gasteiger partial charge < -0.3 is 19.6 Å². The van der Waals surface area contributed by atoms with Crippen molar-refractivity contribution in [1.82, 2.24) is 20.1 Å². The van der Waals surface area contributed by atoms with Crippen LogP contribution in [0.1, 0.15) is 23.3 Å². The SMILES string of the molecule is CCn1c(CNC(=O)c2ccco2)nnc1SCC(=O)Nc1ccc2ccccc2c1. The lowest BCUT2D eigenvalue weighted by Crippen LogP contribution is -2.24. The Hall–Kier alpha value is -3.59. The van der Waals surface area contributed by atoms with Gasteiger partial charge in [0.05, 0.1) is 18.6 Å². The summed E-state index contributed by atoms with van der Waals surface area (Å²) in [5.74, 6) is 0.601. The normalized spacial score (nSPS) is 10.9. The van der Waals surface area contributed by atoms with Crippen LogP contribution in [0.15, 0.2) is 70.4 Å². The van der Waals surface area contributed by atoms with Crippen LogP contribution in [0.2, 0.25) is 0 Å². The monoisotopic (exact) mass is 435 g/mol.